The molecule has 0 bridgehead atoms. The highest BCUT2D eigenvalue weighted by Gasteiger charge is 2.34. The fourth-order valence-corrected chi connectivity index (χ4v) is 2.92. The number of para-hydroxylation sites is 1. The third-order valence-corrected chi connectivity index (χ3v) is 4.88. The molecule has 3 N–H and O–H groups in total. The van der Waals surface area contributed by atoms with E-state index in [0.717, 1.165) is 17.3 Å². The summed E-state index contributed by atoms with van der Waals surface area (Å²) in [7, 11) is 0. The average Bonchev–Trinajstić information content (AvgIpc) is 2.68. The van der Waals surface area contributed by atoms with Crippen molar-refractivity contribution in [2.75, 3.05) is 10.6 Å². The molecule has 10 heteroatoms. The molecule has 1 aromatic heterocycles. The maximum Gasteiger partial charge on any atom is 0.417 e. The predicted molar refractivity (Wildman–Crippen MR) is 112 cm³/mol. The summed E-state index contributed by atoms with van der Waals surface area (Å²) in [5.74, 6) is 0.775. The first-order valence-electron chi connectivity index (χ1n) is 8.53. The standard InChI is InChI=1S/C19H16BrF3N4.CH2O2/c1-11-8-14(9-15(16(11)20)19(21,22)23)26-18-24-10-12(2)17(27-18)25-13-6-4-3-5-7-13;2-1-3/h3-10H,1-2H3,(H2,24,25,26,27);1H,(H,2,3). The molecule has 0 aliphatic carbocycles. The van der Waals surface area contributed by atoms with Crippen molar-refractivity contribution in [3.8, 4) is 0 Å². The summed E-state index contributed by atoms with van der Waals surface area (Å²) in [6.45, 7) is 3.20. The highest BCUT2D eigenvalue weighted by molar-refractivity contribution is 9.10. The van der Waals surface area contributed by atoms with Gasteiger partial charge in [0, 0.05) is 27.6 Å². The van der Waals surface area contributed by atoms with Gasteiger partial charge in [0.25, 0.3) is 6.47 Å². The summed E-state index contributed by atoms with van der Waals surface area (Å²) < 4.78 is 39.6. The minimum atomic E-state index is -4.46. The zero-order chi connectivity index (χ0) is 22.3. The summed E-state index contributed by atoms with van der Waals surface area (Å²) in [4.78, 5) is 16.9. The number of benzene rings is 2. The first-order valence-corrected chi connectivity index (χ1v) is 9.33. The quantitative estimate of drug-likeness (QED) is 0.391. The molecule has 0 fully saturated rings. The van der Waals surface area contributed by atoms with Gasteiger partial charge in [-0.1, -0.05) is 18.2 Å². The Bertz CT molecular complexity index is 1010. The summed E-state index contributed by atoms with van der Waals surface area (Å²) in [5, 5.41) is 12.9. The highest BCUT2D eigenvalue weighted by Crippen LogP contribution is 2.38. The zero-order valence-electron chi connectivity index (χ0n) is 16.0. The van der Waals surface area contributed by atoms with E-state index < -0.39 is 11.7 Å². The van der Waals surface area contributed by atoms with Gasteiger partial charge in [0.2, 0.25) is 5.95 Å². The maximum absolute atomic E-state index is 13.2. The molecule has 0 aliphatic heterocycles. The monoisotopic (exact) mass is 482 g/mol. The number of hydrogen-bond acceptors (Lipinski definition) is 5. The van der Waals surface area contributed by atoms with Gasteiger partial charge in [0.05, 0.1) is 5.56 Å². The molecular weight excluding hydrogens is 465 g/mol. The zero-order valence-corrected chi connectivity index (χ0v) is 17.5. The number of anilines is 4. The Hall–Kier alpha value is -3.14. The lowest BCUT2D eigenvalue weighted by molar-refractivity contribution is -0.138. The number of carbonyl (C=O) groups is 1. The molecule has 1 heterocycles. The van der Waals surface area contributed by atoms with Crippen molar-refractivity contribution in [1.82, 2.24) is 9.97 Å². The molecular formula is C20H18BrF3N4O2. The number of aryl methyl sites for hydroxylation is 2. The highest BCUT2D eigenvalue weighted by atomic mass is 79.9. The van der Waals surface area contributed by atoms with Gasteiger partial charge in [-0.05, 0) is 59.6 Å². The van der Waals surface area contributed by atoms with E-state index in [2.05, 4.69) is 36.5 Å². The number of rotatable bonds is 4. The Morgan fingerprint density at radius 3 is 2.27 bits per heavy atom. The van der Waals surface area contributed by atoms with Crippen LogP contribution >= 0.6 is 15.9 Å². The van der Waals surface area contributed by atoms with Gasteiger partial charge in [-0.25, -0.2) is 4.98 Å². The Kier molecular flexibility index (Phi) is 7.76. The summed E-state index contributed by atoms with van der Waals surface area (Å²) in [5.41, 5.74) is 1.64. The second kappa shape index (κ2) is 10.1. The van der Waals surface area contributed by atoms with Gasteiger partial charge in [0.15, 0.2) is 0 Å². The van der Waals surface area contributed by atoms with Gasteiger partial charge >= 0.3 is 6.18 Å². The summed E-state index contributed by atoms with van der Waals surface area (Å²) in [6.07, 6.45) is -2.85. The first-order chi connectivity index (χ1) is 14.2. The molecule has 6 nitrogen and oxygen atoms in total. The Morgan fingerprint density at radius 2 is 1.67 bits per heavy atom. The molecule has 3 aromatic rings. The predicted octanol–water partition coefficient (Wildman–Crippen LogP) is 6.06. The summed E-state index contributed by atoms with van der Waals surface area (Å²) in [6, 6.07) is 12.1. The summed E-state index contributed by atoms with van der Waals surface area (Å²) >= 11 is 3.00. The number of nitrogens with zero attached hydrogens (tertiary/aromatic N) is 2. The number of nitrogens with one attached hydrogen (secondary N) is 2. The lowest BCUT2D eigenvalue weighted by Crippen LogP contribution is -2.09. The lowest BCUT2D eigenvalue weighted by atomic mass is 10.1. The number of alkyl halides is 3. The normalized spacial score (nSPS) is 10.6. The minimum absolute atomic E-state index is 0.0248. The van der Waals surface area contributed by atoms with Gasteiger partial charge in [-0.15, -0.1) is 0 Å². The molecule has 3 rings (SSSR count). The van der Waals surface area contributed by atoms with E-state index in [-0.39, 0.29) is 22.6 Å². The number of hydrogen-bond donors (Lipinski definition) is 3. The van der Waals surface area contributed by atoms with Crippen molar-refractivity contribution >= 4 is 45.5 Å². The van der Waals surface area contributed by atoms with E-state index >= 15 is 0 Å². The number of halogens is 4. The largest absolute Gasteiger partial charge is 0.483 e. The molecule has 0 saturated carbocycles. The van der Waals surface area contributed by atoms with Crippen LogP contribution in [0.15, 0.2) is 53.1 Å². The van der Waals surface area contributed by atoms with Crippen molar-refractivity contribution in [2.24, 2.45) is 0 Å². The SMILES string of the molecule is Cc1cnc(Nc2cc(C)c(Br)c(C(F)(F)F)c2)nc1Nc1ccccc1.O=CO. The van der Waals surface area contributed by atoms with E-state index in [0.29, 0.717) is 11.4 Å². The smallest absolute Gasteiger partial charge is 0.417 e. The van der Waals surface area contributed by atoms with Crippen LogP contribution in [0.25, 0.3) is 0 Å². The van der Waals surface area contributed by atoms with Gasteiger partial charge < -0.3 is 15.7 Å². The number of carboxylic acid groups (broad SMARTS) is 1. The van der Waals surface area contributed by atoms with Crippen LogP contribution in [0.2, 0.25) is 0 Å². The Labute approximate surface area is 179 Å². The lowest BCUT2D eigenvalue weighted by Gasteiger charge is -2.15. The molecule has 0 saturated heterocycles. The molecule has 0 amide bonds. The second-order valence-electron chi connectivity index (χ2n) is 6.10. The molecule has 158 valence electrons. The van der Waals surface area contributed by atoms with Crippen LogP contribution < -0.4 is 10.6 Å². The fraction of sp³-hybridized carbons (Fsp3) is 0.150. The molecule has 0 unspecified atom stereocenters. The van der Waals surface area contributed by atoms with Crippen molar-refractivity contribution < 1.29 is 23.1 Å². The molecule has 0 aliphatic rings. The third kappa shape index (κ3) is 6.18. The Morgan fingerprint density at radius 1 is 1.03 bits per heavy atom. The van der Waals surface area contributed by atoms with Crippen molar-refractivity contribution in [3.05, 3.63) is 69.8 Å². The molecule has 0 radical (unpaired) electrons. The van der Waals surface area contributed by atoms with Crippen LogP contribution in [-0.4, -0.2) is 21.5 Å². The van der Waals surface area contributed by atoms with Crippen molar-refractivity contribution in [3.63, 3.8) is 0 Å². The van der Waals surface area contributed by atoms with Crippen LogP contribution in [0.5, 0.6) is 0 Å². The van der Waals surface area contributed by atoms with E-state index in [9.17, 15) is 13.2 Å². The second-order valence-corrected chi connectivity index (χ2v) is 6.89. The molecule has 30 heavy (non-hydrogen) atoms. The van der Waals surface area contributed by atoms with Gasteiger partial charge in [-0.3, -0.25) is 4.79 Å². The number of aromatic nitrogens is 2. The van der Waals surface area contributed by atoms with E-state index in [1.807, 2.05) is 37.3 Å². The topological polar surface area (TPSA) is 87.1 Å². The van der Waals surface area contributed by atoms with Crippen molar-refractivity contribution in [1.29, 1.82) is 0 Å². The Balaban J connectivity index is 0.00000101. The van der Waals surface area contributed by atoms with E-state index in [4.69, 9.17) is 9.90 Å². The van der Waals surface area contributed by atoms with Crippen LogP contribution in [0.1, 0.15) is 16.7 Å². The maximum atomic E-state index is 13.2. The van der Waals surface area contributed by atoms with Crippen LogP contribution in [0.3, 0.4) is 0 Å². The van der Waals surface area contributed by atoms with E-state index in [1.54, 1.807) is 19.2 Å². The average molecular weight is 483 g/mol. The van der Waals surface area contributed by atoms with Crippen molar-refractivity contribution in [2.45, 2.75) is 20.0 Å². The van der Waals surface area contributed by atoms with Gasteiger partial charge in [0.1, 0.15) is 5.82 Å². The molecule has 0 spiro atoms. The van der Waals surface area contributed by atoms with E-state index in [1.165, 1.54) is 0 Å². The first kappa shape index (κ1) is 23.1. The molecule has 0 atom stereocenters. The van der Waals surface area contributed by atoms with Crippen LogP contribution in [-0.2, 0) is 11.0 Å². The van der Waals surface area contributed by atoms with Gasteiger partial charge in [-0.2, -0.15) is 18.2 Å². The van der Waals surface area contributed by atoms with Crippen LogP contribution in [0.4, 0.5) is 36.3 Å². The minimum Gasteiger partial charge on any atom is -0.483 e. The fourth-order valence-electron chi connectivity index (χ4n) is 2.46. The molecule has 2 aromatic carbocycles. The van der Waals surface area contributed by atoms with Crippen LogP contribution in [0, 0.1) is 13.8 Å². The third-order valence-electron chi connectivity index (χ3n) is 3.82.